The van der Waals surface area contributed by atoms with Crippen LogP contribution in [0.4, 0.5) is 0 Å². The van der Waals surface area contributed by atoms with Crippen molar-refractivity contribution >= 4 is 11.0 Å². The number of aromatic nitrogens is 1. The number of nitrogens with two attached hydrogens (primary N) is 1. The molecule has 2 aromatic rings. The molecule has 0 fully saturated rings. The molecule has 0 saturated carbocycles. The maximum absolute atomic E-state index is 5.41. The molecule has 0 saturated heterocycles. The monoisotopic (exact) mass is 206 g/mol. The number of aryl methyl sites for hydroxylation is 2. The van der Waals surface area contributed by atoms with E-state index in [0.29, 0.717) is 19.0 Å². The lowest BCUT2D eigenvalue weighted by atomic mass is 10.1. The minimum absolute atomic E-state index is 0.453. The molecule has 1 aromatic carbocycles. The second kappa shape index (κ2) is 3.90. The fourth-order valence-electron chi connectivity index (χ4n) is 1.52. The van der Waals surface area contributed by atoms with Gasteiger partial charge in [-0.2, -0.15) is 0 Å². The van der Waals surface area contributed by atoms with E-state index in [1.807, 2.05) is 19.1 Å². The third-order valence-corrected chi connectivity index (χ3v) is 2.50. The highest BCUT2D eigenvalue weighted by atomic mass is 16.5. The molecule has 0 amide bonds. The van der Waals surface area contributed by atoms with Crippen LogP contribution in [0.5, 0.6) is 5.88 Å². The summed E-state index contributed by atoms with van der Waals surface area (Å²) in [6.07, 6.45) is 0. The van der Waals surface area contributed by atoms with Gasteiger partial charge < -0.3 is 15.0 Å². The molecule has 0 bridgehead atoms. The van der Waals surface area contributed by atoms with Gasteiger partial charge in [-0.15, -0.1) is 0 Å². The summed E-state index contributed by atoms with van der Waals surface area (Å²) in [7, 11) is 0. The molecule has 2 N–H and O–H groups in total. The van der Waals surface area contributed by atoms with Crippen molar-refractivity contribution in [2.45, 2.75) is 13.8 Å². The van der Waals surface area contributed by atoms with Gasteiger partial charge in [0, 0.05) is 6.54 Å². The van der Waals surface area contributed by atoms with Gasteiger partial charge in [-0.05, 0) is 36.2 Å². The molecule has 0 unspecified atom stereocenters. The zero-order valence-electron chi connectivity index (χ0n) is 8.91. The molecule has 0 radical (unpaired) electrons. The summed E-state index contributed by atoms with van der Waals surface area (Å²) in [5, 5.41) is 4.83. The van der Waals surface area contributed by atoms with Crippen molar-refractivity contribution in [2.75, 3.05) is 13.2 Å². The lowest BCUT2D eigenvalue weighted by Gasteiger charge is -2.03. The van der Waals surface area contributed by atoms with Crippen molar-refractivity contribution in [2.24, 2.45) is 5.73 Å². The van der Waals surface area contributed by atoms with E-state index in [1.54, 1.807) is 0 Å². The number of fused-ring (bicyclic) bond motifs is 1. The minimum Gasteiger partial charge on any atom is -0.474 e. The van der Waals surface area contributed by atoms with E-state index >= 15 is 0 Å². The maximum atomic E-state index is 5.41. The van der Waals surface area contributed by atoms with E-state index in [-0.39, 0.29) is 0 Å². The van der Waals surface area contributed by atoms with Gasteiger partial charge in [-0.3, -0.25) is 0 Å². The van der Waals surface area contributed by atoms with Crippen LogP contribution in [0.15, 0.2) is 16.7 Å². The Morgan fingerprint density at radius 2 is 2.20 bits per heavy atom. The Bertz CT molecular complexity index is 477. The van der Waals surface area contributed by atoms with Crippen molar-refractivity contribution in [3.8, 4) is 5.88 Å². The third-order valence-electron chi connectivity index (χ3n) is 2.50. The van der Waals surface area contributed by atoms with Gasteiger partial charge in [0.2, 0.25) is 0 Å². The van der Waals surface area contributed by atoms with Crippen LogP contribution >= 0.6 is 0 Å². The highest BCUT2D eigenvalue weighted by molar-refractivity contribution is 5.86. The molecule has 1 aromatic heterocycles. The van der Waals surface area contributed by atoms with Gasteiger partial charge in [0.1, 0.15) is 6.61 Å². The lowest BCUT2D eigenvalue weighted by Crippen LogP contribution is -2.10. The van der Waals surface area contributed by atoms with E-state index in [9.17, 15) is 0 Å². The Labute approximate surface area is 88.0 Å². The van der Waals surface area contributed by atoms with Gasteiger partial charge in [0.05, 0.1) is 5.39 Å². The molecule has 15 heavy (non-hydrogen) atoms. The van der Waals surface area contributed by atoms with Crippen LogP contribution < -0.4 is 10.5 Å². The summed E-state index contributed by atoms with van der Waals surface area (Å²) >= 11 is 0. The fraction of sp³-hybridized carbons (Fsp3) is 0.364. The topological polar surface area (TPSA) is 61.3 Å². The van der Waals surface area contributed by atoms with E-state index < -0.39 is 0 Å². The third kappa shape index (κ3) is 1.68. The molecular weight excluding hydrogens is 192 g/mol. The molecule has 2 rings (SSSR count). The normalized spacial score (nSPS) is 10.9. The summed E-state index contributed by atoms with van der Waals surface area (Å²) in [5.74, 6) is 0.539. The van der Waals surface area contributed by atoms with Crippen molar-refractivity contribution < 1.29 is 9.26 Å². The number of hydrogen-bond donors (Lipinski definition) is 1. The van der Waals surface area contributed by atoms with E-state index in [2.05, 4.69) is 12.1 Å². The standard InChI is InChI=1S/C11H14N2O2/c1-7-3-4-9-10(8(7)2)11(13-15-9)14-6-5-12/h3-4H,5-6,12H2,1-2H3. The molecule has 80 valence electrons. The number of hydrogen-bond acceptors (Lipinski definition) is 4. The summed E-state index contributed by atoms with van der Waals surface area (Å²) in [6.45, 7) is 5.01. The Hall–Kier alpha value is -1.55. The van der Waals surface area contributed by atoms with Crippen LogP contribution in [0.2, 0.25) is 0 Å². The molecule has 1 heterocycles. The molecule has 0 aliphatic rings. The molecule has 0 spiro atoms. The molecule has 0 aliphatic heterocycles. The number of benzene rings is 1. The predicted molar refractivity (Wildman–Crippen MR) is 58.0 cm³/mol. The molecular formula is C11H14N2O2. The van der Waals surface area contributed by atoms with Gasteiger partial charge >= 0.3 is 0 Å². The quantitative estimate of drug-likeness (QED) is 0.831. The second-order valence-corrected chi connectivity index (χ2v) is 3.51. The summed E-state index contributed by atoms with van der Waals surface area (Å²) in [4.78, 5) is 0. The van der Waals surface area contributed by atoms with Gasteiger partial charge in [-0.1, -0.05) is 6.07 Å². The van der Waals surface area contributed by atoms with E-state index in [1.165, 1.54) is 5.56 Å². The minimum atomic E-state index is 0.453. The fourth-order valence-corrected chi connectivity index (χ4v) is 1.52. The Kier molecular flexibility index (Phi) is 2.60. The Balaban J connectivity index is 2.51. The first-order chi connectivity index (χ1) is 7.24. The zero-order chi connectivity index (χ0) is 10.8. The first kappa shape index (κ1) is 9.98. The SMILES string of the molecule is Cc1ccc2onc(OCCN)c2c1C. The summed E-state index contributed by atoms with van der Waals surface area (Å²) in [5.41, 5.74) is 8.47. The van der Waals surface area contributed by atoms with Crippen LogP contribution in [0, 0.1) is 13.8 Å². The van der Waals surface area contributed by atoms with Crippen molar-refractivity contribution in [1.82, 2.24) is 5.16 Å². The Morgan fingerprint density at radius 1 is 1.40 bits per heavy atom. The van der Waals surface area contributed by atoms with Gasteiger partial charge in [0.15, 0.2) is 5.58 Å². The average molecular weight is 206 g/mol. The zero-order valence-corrected chi connectivity index (χ0v) is 8.91. The summed E-state index contributed by atoms with van der Waals surface area (Å²) in [6, 6.07) is 3.91. The van der Waals surface area contributed by atoms with Crippen molar-refractivity contribution in [3.05, 3.63) is 23.3 Å². The molecule has 0 atom stereocenters. The predicted octanol–water partition coefficient (Wildman–Crippen LogP) is 1.78. The van der Waals surface area contributed by atoms with Crippen LogP contribution in [0.3, 0.4) is 0 Å². The van der Waals surface area contributed by atoms with Crippen LogP contribution in [0.1, 0.15) is 11.1 Å². The van der Waals surface area contributed by atoms with Crippen LogP contribution in [-0.4, -0.2) is 18.3 Å². The van der Waals surface area contributed by atoms with Crippen molar-refractivity contribution in [3.63, 3.8) is 0 Å². The lowest BCUT2D eigenvalue weighted by molar-refractivity contribution is 0.293. The van der Waals surface area contributed by atoms with E-state index in [4.69, 9.17) is 15.0 Å². The van der Waals surface area contributed by atoms with Crippen LogP contribution in [0.25, 0.3) is 11.0 Å². The second-order valence-electron chi connectivity index (χ2n) is 3.51. The van der Waals surface area contributed by atoms with Gasteiger partial charge in [-0.25, -0.2) is 0 Å². The number of nitrogens with zero attached hydrogens (tertiary/aromatic N) is 1. The first-order valence-electron chi connectivity index (χ1n) is 4.92. The van der Waals surface area contributed by atoms with Crippen LogP contribution in [-0.2, 0) is 0 Å². The molecule has 0 aliphatic carbocycles. The maximum Gasteiger partial charge on any atom is 0.262 e. The first-order valence-corrected chi connectivity index (χ1v) is 4.92. The average Bonchev–Trinajstić information content (AvgIpc) is 2.64. The molecule has 4 heteroatoms. The highest BCUT2D eigenvalue weighted by Crippen LogP contribution is 2.29. The smallest absolute Gasteiger partial charge is 0.262 e. The largest absolute Gasteiger partial charge is 0.474 e. The number of rotatable bonds is 3. The van der Waals surface area contributed by atoms with Gasteiger partial charge in [0.25, 0.3) is 5.88 Å². The molecule has 4 nitrogen and oxygen atoms in total. The van der Waals surface area contributed by atoms with Crippen molar-refractivity contribution in [1.29, 1.82) is 0 Å². The summed E-state index contributed by atoms with van der Waals surface area (Å²) < 4.78 is 10.6. The number of ether oxygens (including phenoxy) is 1. The van der Waals surface area contributed by atoms with E-state index in [0.717, 1.165) is 16.5 Å². The highest BCUT2D eigenvalue weighted by Gasteiger charge is 2.12. The Morgan fingerprint density at radius 3 is 2.93 bits per heavy atom.